The zero-order valence-corrected chi connectivity index (χ0v) is 12.6. The summed E-state index contributed by atoms with van der Waals surface area (Å²) in [6, 6.07) is 9.25. The Morgan fingerprint density at radius 1 is 1.10 bits per heavy atom. The Kier molecular flexibility index (Phi) is 3.92. The monoisotopic (exact) mass is 311 g/mol. The van der Waals surface area contributed by atoms with Crippen LogP contribution in [0.1, 0.15) is 11.1 Å². The van der Waals surface area contributed by atoms with Crippen molar-refractivity contribution in [1.29, 1.82) is 0 Å². The van der Waals surface area contributed by atoms with Crippen LogP contribution in [-0.2, 0) is 10.0 Å². The highest BCUT2D eigenvalue weighted by molar-refractivity contribution is 7.92. The molecule has 2 aromatic carbocycles. The third-order valence-electron chi connectivity index (χ3n) is 2.82. The lowest BCUT2D eigenvalue weighted by Gasteiger charge is -2.12. The molecule has 0 amide bonds. The molecule has 0 aliphatic rings. The van der Waals surface area contributed by atoms with E-state index in [1.54, 1.807) is 25.1 Å². The molecule has 0 heterocycles. The van der Waals surface area contributed by atoms with Crippen molar-refractivity contribution in [3.63, 3.8) is 0 Å². The Hall–Kier alpha value is -1.72. The number of hydrogen-bond acceptors (Lipinski definition) is 3. The average Bonchev–Trinajstić information content (AvgIpc) is 2.32. The zero-order chi connectivity index (χ0) is 14.9. The summed E-state index contributed by atoms with van der Waals surface area (Å²) in [5.41, 5.74) is 1.72. The average molecular weight is 312 g/mol. The van der Waals surface area contributed by atoms with E-state index in [4.69, 9.17) is 11.6 Å². The van der Waals surface area contributed by atoms with E-state index < -0.39 is 10.0 Å². The highest BCUT2D eigenvalue weighted by Gasteiger charge is 2.18. The highest BCUT2D eigenvalue weighted by Crippen LogP contribution is 2.29. The first-order chi connectivity index (χ1) is 9.29. The molecule has 2 rings (SSSR count). The Balaban J connectivity index is 2.41. The number of nitrogens with one attached hydrogen (secondary N) is 1. The number of sulfonamides is 1. The molecule has 0 saturated heterocycles. The van der Waals surface area contributed by atoms with Gasteiger partial charge in [-0.15, -0.1) is 0 Å². The number of phenolic OH excluding ortho intramolecular Hbond substituents is 1. The van der Waals surface area contributed by atoms with Gasteiger partial charge in [-0.3, -0.25) is 4.72 Å². The molecule has 0 saturated carbocycles. The maximum atomic E-state index is 12.3. The number of phenols is 1. The van der Waals surface area contributed by atoms with Crippen LogP contribution in [0.5, 0.6) is 5.75 Å². The van der Waals surface area contributed by atoms with Crippen LogP contribution in [0.25, 0.3) is 0 Å². The molecule has 0 unspecified atom stereocenters. The highest BCUT2D eigenvalue weighted by atomic mass is 35.5. The van der Waals surface area contributed by atoms with Crippen molar-refractivity contribution in [2.75, 3.05) is 4.72 Å². The maximum absolute atomic E-state index is 12.3. The molecule has 0 bridgehead atoms. The number of halogens is 1. The third kappa shape index (κ3) is 3.05. The molecule has 0 fully saturated rings. The molecular formula is C14H14ClNO3S. The van der Waals surface area contributed by atoms with E-state index in [0.29, 0.717) is 10.6 Å². The largest absolute Gasteiger partial charge is 0.506 e. The van der Waals surface area contributed by atoms with E-state index in [-0.39, 0.29) is 16.3 Å². The number of rotatable bonds is 3. The van der Waals surface area contributed by atoms with Gasteiger partial charge in [0.2, 0.25) is 0 Å². The second-order valence-corrected chi connectivity index (χ2v) is 6.62. The summed E-state index contributed by atoms with van der Waals surface area (Å²) < 4.78 is 27.0. The van der Waals surface area contributed by atoms with Crippen LogP contribution in [-0.4, -0.2) is 13.5 Å². The number of aromatic hydroxyl groups is 1. The summed E-state index contributed by atoms with van der Waals surface area (Å²) in [5, 5.41) is 10.0. The van der Waals surface area contributed by atoms with E-state index in [2.05, 4.69) is 4.72 Å². The fourth-order valence-electron chi connectivity index (χ4n) is 1.89. The predicted octanol–water partition coefficient (Wildman–Crippen LogP) is 3.46. The minimum atomic E-state index is -3.75. The molecule has 20 heavy (non-hydrogen) atoms. The lowest BCUT2D eigenvalue weighted by molar-refractivity contribution is 0.477. The lowest BCUT2D eigenvalue weighted by Crippen LogP contribution is -2.14. The third-order valence-corrected chi connectivity index (χ3v) is 4.58. The minimum Gasteiger partial charge on any atom is -0.506 e. The van der Waals surface area contributed by atoms with Gasteiger partial charge in [-0.25, -0.2) is 8.42 Å². The fourth-order valence-corrected chi connectivity index (χ4v) is 3.36. The van der Waals surface area contributed by atoms with Gasteiger partial charge < -0.3 is 5.11 Å². The van der Waals surface area contributed by atoms with Gasteiger partial charge >= 0.3 is 0 Å². The molecule has 106 valence electrons. The smallest absolute Gasteiger partial charge is 0.262 e. The van der Waals surface area contributed by atoms with Crippen molar-refractivity contribution in [3.8, 4) is 5.75 Å². The first-order valence-corrected chi connectivity index (χ1v) is 7.74. The summed E-state index contributed by atoms with van der Waals surface area (Å²) in [4.78, 5) is 0.178. The van der Waals surface area contributed by atoms with E-state index in [0.717, 1.165) is 5.56 Å². The Morgan fingerprint density at radius 3 is 2.40 bits per heavy atom. The number of hydrogen-bond donors (Lipinski definition) is 2. The van der Waals surface area contributed by atoms with Gasteiger partial charge in [0.15, 0.2) is 0 Å². The molecule has 2 N–H and O–H groups in total. The standard InChI is InChI=1S/C14H14ClNO3S/c1-9-3-6-14(10(2)7-9)20(18,19)16-12-5-4-11(15)8-13(12)17/h3-8,16-17H,1-2H3. The Morgan fingerprint density at radius 2 is 1.80 bits per heavy atom. The van der Waals surface area contributed by atoms with Gasteiger partial charge in [-0.1, -0.05) is 29.3 Å². The van der Waals surface area contributed by atoms with Gasteiger partial charge in [-0.05, 0) is 37.6 Å². The number of aryl methyl sites for hydroxylation is 2. The van der Waals surface area contributed by atoms with Crippen LogP contribution in [0, 0.1) is 13.8 Å². The van der Waals surface area contributed by atoms with Gasteiger partial charge in [-0.2, -0.15) is 0 Å². The topological polar surface area (TPSA) is 66.4 Å². The minimum absolute atomic E-state index is 0.0920. The van der Waals surface area contributed by atoms with Crippen LogP contribution >= 0.6 is 11.6 Å². The van der Waals surface area contributed by atoms with E-state index >= 15 is 0 Å². The molecule has 2 aromatic rings. The quantitative estimate of drug-likeness (QED) is 0.853. The maximum Gasteiger partial charge on any atom is 0.262 e. The first-order valence-electron chi connectivity index (χ1n) is 5.88. The molecule has 0 spiro atoms. The SMILES string of the molecule is Cc1ccc(S(=O)(=O)Nc2ccc(Cl)cc2O)c(C)c1. The second kappa shape index (κ2) is 5.34. The summed E-state index contributed by atoms with van der Waals surface area (Å²) in [6.07, 6.45) is 0. The summed E-state index contributed by atoms with van der Waals surface area (Å²) in [6.45, 7) is 3.62. The normalized spacial score (nSPS) is 11.3. The molecule has 6 heteroatoms. The number of benzene rings is 2. The fraction of sp³-hybridized carbons (Fsp3) is 0.143. The van der Waals surface area contributed by atoms with Crippen molar-refractivity contribution in [3.05, 3.63) is 52.5 Å². The number of anilines is 1. The van der Waals surface area contributed by atoms with E-state index in [1.165, 1.54) is 18.2 Å². The molecule has 0 aliphatic carbocycles. The summed E-state index contributed by atoms with van der Waals surface area (Å²) >= 11 is 5.71. The zero-order valence-electron chi connectivity index (χ0n) is 11.0. The second-order valence-electron chi connectivity index (χ2n) is 4.54. The molecule has 0 radical (unpaired) electrons. The van der Waals surface area contributed by atoms with Crippen LogP contribution in [0.4, 0.5) is 5.69 Å². The molecule has 0 aromatic heterocycles. The van der Waals surface area contributed by atoms with Gasteiger partial charge in [0, 0.05) is 11.1 Å². The van der Waals surface area contributed by atoms with Gasteiger partial charge in [0.25, 0.3) is 10.0 Å². The van der Waals surface area contributed by atoms with Crippen molar-refractivity contribution in [2.24, 2.45) is 0 Å². The van der Waals surface area contributed by atoms with Crippen LogP contribution in [0.2, 0.25) is 5.02 Å². The predicted molar refractivity (Wildman–Crippen MR) is 79.8 cm³/mol. The van der Waals surface area contributed by atoms with Gasteiger partial charge in [0.1, 0.15) is 5.75 Å². The molecule has 0 atom stereocenters. The lowest BCUT2D eigenvalue weighted by atomic mass is 10.2. The Labute approximate surface area is 123 Å². The summed E-state index contributed by atoms with van der Waals surface area (Å²) in [7, 11) is -3.75. The molecule has 4 nitrogen and oxygen atoms in total. The Bertz CT molecular complexity index is 757. The van der Waals surface area contributed by atoms with Gasteiger partial charge in [0.05, 0.1) is 10.6 Å². The molecule has 0 aliphatic heterocycles. The summed E-state index contributed by atoms with van der Waals surface area (Å²) in [5.74, 6) is -0.217. The van der Waals surface area contributed by atoms with Crippen molar-refractivity contribution < 1.29 is 13.5 Å². The van der Waals surface area contributed by atoms with Crippen LogP contribution in [0.15, 0.2) is 41.3 Å². The van der Waals surface area contributed by atoms with E-state index in [9.17, 15) is 13.5 Å². The van der Waals surface area contributed by atoms with Crippen molar-refractivity contribution in [1.82, 2.24) is 0 Å². The molecular weight excluding hydrogens is 298 g/mol. The van der Waals surface area contributed by atoms with Crippen LogP contribution in [0.3, 0.4) is 0 Å². The van der Waals surface area contributed by atoms with E-state index in [1.807, 2.05) is 6.92 Å². The van der Waals surface area contributed by atoms with Crippen molar-refractivity contribution >= 4 is 27.3 Å². The van der Waals surface area contributed by atoms with Crippen LogP contribution < -0.4 is 4.72 Å². The first kappa shape index (κ1) is 14.7. The van der Waals surface area contributed by atoms with Crippen molar-refractivity contribution in [2.45, 2.75) is 18.7 Å².